The number of pyridine rings is 1. The fraction of sp³-hybridized carbons (Fsp3) is 0.250. The normalized spacial score (nSPS) is 9.69. The van der Waals surface area contributed by atoms with Crippen LogP contribution in [0.1, 0.15) is 16.2 Å². The Kier molecular flexibility index (Phi) is 2.36. The van der Waals surface area contributed by atoms with Gasteiger partial charge in [0.2, 0.25) is 0 Å². The molecule has 5 heteroatoms. The molecule has 1 aromatic rings. The number of nitrogens with two attached hydrogens (primary N) is 1. The summed E-state index contributed by atoms with van der Waals surface area (Å²) in [5.74, 6) is -0.678. The summed E-state index contributed by atoms with van der Waals surface area (Å²) in [6, 6.07) is 1.27. The third kappa shape index (κ3) is 1.69. The summed E-state index contributed by atoms with van der Waals surface area (Å²) in [7, 11) is 1.46. The molecule has 0 aromatic carbocycles. The van der Waals surface area contributed by atoms with E-state index < -0.39 is 5.97 Å². The van der Waals surface area contributed by atoms with Gasteiger partial charge in [0.05, 0.1) is 18.5 Å². The highest BCUT2D eigenvalue weighted by Gasteiger charge is 2.11. The molecule has 0 aliphatic rings. The highest BCUT2D eigenvalue weighted by molar-refractivity contribution is 5.87. The first-order chi connectivity index (χ1) is 6.06. The summed E-state index contributed by atoms with van der Waals surface area (Å²) < 4.78 is 4.93. The van der Waals surface area contributed by atoms with Gasteiger partial charge in [0.25, 0.3) is 0 Å². The third-order valence-electron chi connectivity index (χ3n) is 1.59. The summed E-state index contributed by atoms with van der Waals surface area (Å²) in [5, 5.41) is 8.64. The summed E-state index contributed by atoms with van der Waals surface area (Å²) in [6.07, 6.45) is 0. The molecule has 0 unspecified atom stereocenters. The number of methoxy groups -OCH3 is 1. The largest absolute Gasteiger partial charge is 0.493 e. The Morgan fingerprint density at radius 2 is 2.31 bits per heavy atom. The van der Waals surface area contributed by atoms with Crippen molar-refractivity contribution in [1.29, 1.82) is 0 Å². The molecule has 0 aliphatic heterocycles. The van der Waals surface area contributed by atoms with Crippen molar-refractivity contribution in [3.8, 4) is 5.75 Å². The Morgan fingerprint density at radius 1 is 1.69 bits per heavy atom. The molecular formula is C8H10N2O3. The summed E-state index contributed by atoms with van der Waals surface area (Å²) in [5.41, 5.74) is 6.23. The second-order valence-corrected chi connectivity index (χ2v) is 2.52. The van der Waals surface area contributed by atoms with E-state index in [4.69, 9.17) is 15.6 Å². The van der Waals surface area contributed by atoms with Gasteiger partial charge >= 0.3 is 5.97 Å². The fourth-order valence-electron chi connectivity index (χ4n) is 1.06. The van der Waals surface area contributed by atoms with E-state index in [1.165, 1.54) is 13.2 Å². The minimum absolute atomic E-state index is 0.0733. The molecule has 70 valence electrons. The number of hydrogen-bond acceptors (Lipinski definition) is 4. The van der Waals surface area contributed by atoms with Crippen LogP contribution in [0.25, 0.3) is 0 Å². The molecule has 3 N–H and O–H groups in total. The number of hydrogen-bond donors (Lipinski definition) is 2. The summed E-state index contributed by atoms with van der Waals surface area (Å²) >= 11 is 0. The molecule has 0 aliphatic carbocycles. The zero-order valence-corrected chi connectivity index (χ0v) is 7.37. The van der Waals surface area contributed by atoms with Gasteiger partial charge in [-0.15, -0.1) is 0 Å². The molecule has 0 fully saturated rings. The van der Waals surface area contributed by atoms with Gasteiger partial charge in [0, 0.05) is 0 Å². The van der Waals surface area contributed by atoms with Crippen LogP contribution in [0.4, 0.5) is 5.69 Å². The van der Waals surface area contributed by atoms with Gasteiger partial charge in [-0.3, -0.25) is 0 Å². The minimum atomic E-state index is -1.10. The average Bonchev–Trinajstić information content (AvgIpc) is 2.03. The van der Waals surface area contributed by atoms with Crippen molar-refractivity contribution in [3.05, 3.63) is 17.5 Å². The Hall–Kier alpha value is -1.78. The molecule has 5 nitrogen and oxygen atoms in total. The van der Waals surface area contributed by atoms with Crippen molar-refractivity contribution in [3.63, 3.8) is 0 Å². The highest BCUT2D eigenvalue weighted by Crippen LogP contribution is 2.24. The Bertz CT molecular complexity index is 326. The maximum atomic E-state index is 10.5. The van der Waals surface area contributed by atoms with Crippen molar-refractivity contribution >= 4 is 11.7 Å². The number of nitrogen functional groups attached to an aromatic ring is 1. The lowest BCUT2D eigenvalue weighted by Crippen LogP contribution is -2.05. The number of nitrogens with zero attached hydrogens (tertiary/aromatic N) is 1. The van der Waals surface area contributed by atoms with Gasteiger partial charge in [0.15, 0.2) is 11.4 Å². The lowest BCUT2D eigenvalue weighted by molar-refractivity contribution is 0.0690. The minimum Gasteiger partial charge on any atom is -0.493 e. The standard InChI is InChI=1S/C8H10N2O3/c1-4-7(13-2)5(9)3-6(10-4)8(11)12/h3H,1-2H3,(H2,9,10)(H,11,12). The van der Waals surface area contributed by atoms with E-state index >= 15 is 0 Å². The maximum absolute atomic E-state index is 10.5. The van der Waals surface area contributed by atoms with E-state index in [-0.39, 0.29) is 11.4 Å². The van der Waals surface area contributed by atoms with Gasteiger partial charge in [-0.25, -0.2) is 9.78 Å². The molecule has 0 atom stereocenters. The molecule has 1 aromatic heterocycles. The number of aromatic nitrogens is 1. The summed E-state index contributed by atoms with van der Waals surface area (Å²) in [4.78, 5) is 14.3. The van der Waals surface area contributed by atoms with Gasteiger partial charge in [0.1, 0.15) is 0 Å². The van der Waals surface area contributed by atoms with Crippen LogP contribution in [0.3, 0.4) is 0 Å². The zero-order valence-electron chi connectivity index (χ0n) is 7.37. The van der Waals surface area contributed by atoms with E-state index in [0.29, 0.717) is 11.4 Å². The van der Waals surface area contributed by atoms with Crippen LogP contribution in [0.2, 0.25) is 0 Å². The molecule has 0 amide bonds. The van der Waals surface area contributed by atoms with Crippen LogP contribution >= 0.6 is 0 Å². The fourth-order valence-corrected chi connectivity index (χ4v) is 1.06. The van der Waals surface area contributed by atoms with Gasteiger partial charge in [-0.2, -0.15) is 0 Å². The maximum Gasteiger partial charge on any atom is 0.354 e. The van der Waals surface area contributed by atoms with E-state index in [9.17, 15) is 4.79 Å². The number of carboxylic acids is 1. The number of ether oxygens (including phenoxy) is 1. The number of anilines is 1. The zero-order chi connectivity index (χ0) is 10.0. The second kappa shape index (κ2) is 3.30. The highest BCUT2D eigenvalue weighted by atomic mass is 16.5. The van der Waals surface area contributed by atoms with Gasteiger partial charge in [-0.05, 0) is 13.0 Å². The van der Waals surface area contributed by atoms with E-state index in [1.54, 1.807) is 6.92 Å². The Labute approximate surface area is 75.2 Å². The molecule has 0 radical (unpaired) electrons. The quantitative estimate of drug-likeness (QED) is 0.702. The molecule has 0 spiro atoms. The first-order valence-electron chi connectivity index (χ1n) is 3.60. The third-order valence-corrected chi connectivity index (χ3v) is 1.59. The second-order valence-electron chi connectivity index (χ2n) is 2.52. The Morgan fingerprint density at radius 3 is 2.69 bits per heavy atom. The molecule has 13 heavy (non-hydrogen) atoms. The molecule has 1 heterocycles. The van der Waals surface area contributed by atoms with Crippen LogP contribution in [0.5, 0.6) is 5.75 Å². The van der Waals surface area contributed by atoms with Crippen LogP contribution in [-0.2, 0) is 0 Å². The number of aromatic carboxylic acids is 1. The predicted octanol–water partition coefficient (Wildman–Crippen LogP) is 0.679. The van der Waals surface area contributed by atoms with Crippen molar-refractivity contribution in [2.45, 2.75) is 6.92 Å². The number of carbonyl (C=O) groups is 1. The topological polar surface area (TPSA) is 85.4 Å². The molecule has 1 rings (SSSR count). The number of rotatable bonds is 2. The summed E-state index contributed by atoms with van der Waals surface area (Å²) in [6.45, 7) is 1.64. The Balaban J connectivity index is 3.28. The van der Waals surface area contributed by atoms with Gasteiger partial charge < -0.3 is 15.6 Å². The van der Waals surface area contributed by atoms with Crippen LogP contribution in [0.15, 0.2) is 6.07 Å². The molecule has 0 saturated heterocycles. The van der Waals surface area contributed by atoms with Crippen LogP contribution in [-0.4, -0.2) is 23.2 Å². The van der Waals surface area contributed by atoms with E-state index in [2.05, 4.69) is 4.98 Å². The first kappa shape index (κ1) is 9.31. The van der Waals surface area contributed by atoms with Gasteiger partial charge in [-0.1, -0.05) is 0 Å². The molecule has 0 saturated carbocycles. The van der Waals surface area contributed by atoms with Crippen molar-refractivity contribution < 1.29 is 14.6 Å². The first-order valence-corrected chi connectivity index (χ1v) is 3.60. The predicted molar refractivity (Wildman–Crippen MR) is 46.9 cm³/mol. The van der Waals surface area contributed by atoms with Crippen molar-refractivity contribution in [2.24, 2.45) is 0 Å². The number of aryl methyl sites for hydroxylation is 1. The van der Waals surface area contributed by atoms with Crippen LogP contribution < -0.4 is 10.5 Å². The SMILES string of the molecule is COc1c(N)cc(C(=O)O)nc1C. The lowest BCUT2D eigenvalue weighted by atomic mass is 10.2. The number of carboxylic acid groups (broad SMARTS) is 1. The molecule has 0 bridgehead atoms. The van der Waals surface area contributed by atoms with Crippen molar-refractivity contribution in [2.75, 3.05) is 12.8 Å². The van der Waals surface area contributed by atoms with Crippen molar-refractivity contribution in [1.82, 2.24) is 4.98 Å². The van der Waals surface area contributed by atoms with E-state index in [0.717, 1.165) is 0 Å². The van der Waals surface area contributed by atoms with E-state index in [1.807, 2.05) is 0 Å². The monoisotopic (exact) mass is 182 g/mol. The smallest absolute Gasteiger partial charge is 0.354 e. The lowest BCUT2D eigenvalue weighted by Gasteiger charge is -2.07. The van der Waals surface area contributed by atoms with Crippen LogP contribution in [0, 0.1) is 6.92 Å². The average molecular weight is 182 g/mol. The molecular weight excluding hydrogens is 172 g/mol.